The van der Waals surface area contributed by atoms with Crippen LogP contribution in [0.1, 0.15) is 11.3 Å². The zero-order chi connectivity index (χ0) is 23.1. The lowest BCUT2D eigenvalue weighted by Gasteiger charge is -2.09. The first-order valence-electron chi connectivity index (χ1n) is 9.25. The number of hydrogen-bond donors (Lipinski definition) is 3. The highest BCUT2D eigenvalue weighted by atomic mass is 32.2. The molecule has 3 rings (SSSR count). The molecule has 32 heavy (non-hydrogen) atoms. The van der Waals surface area contributed by atoms with Crippen LogP contribution in [0.5, 0.6) is 5.75 Å². The number of nitrogens with zero attached hydrogens (tertiary/aromatic N) is 1. The van der Waals surface area contributed by atoms with Gasteiger partial charge in [-0.3, -0.25) is 14.8 Å². The Hall–Kier alpha value is -3.70. The fourth-order valence-electron chi connectivity index (χ4n) is 2.53. The van der Waals surface area contributed by atoms with E-state index in [1.165, 1.54) is 36.4 Å². The Kier molecular flexibility index (Phi) is 7.23. The first-order chi connectivity index (χ1) is 15.2. The van der Waals surface area contributed by atoms with Crippen LogP contribution in [0.2, 0.25) is 0 Å². The summed E-state index contributed by atoms with van der Waals surface area (Å²) in [6.45, 7) is 1.65. The maximum Gasteiger partial charge on any atom is 0.263 e. The minimum Gasteiger partial charge on any atom is -0.497 e. The van der Waals surface area contributed by atoms with Crippen LogP contribution in [0.25, 0.3) is 6.08 Å². The van der Waals surface area contributed by atoms with Crippen molar-refractivity contribution in [2.75, 3.05) is 17.1 Å². The molecule has 0 aliphatic heterocycles. The van der Waals surface area contributed by atoms with Crippen LogP contribution in [0.15, 0.2) is 70.1 Å². The van der Waals surface area contributed by atoms with Gasteiger partial charge in [-0.05, 0) is 67.2 Å². The standard InChI is InChI=1S/C21H20N4O5S2/c1-14-13-19(24-30-14)25-32(27,28)18-10-6-16(7-11-18)22-21(31)23-20(26)12-5-15-3-8-17(29-2)9-4-15/h3-13H,1-2H3,(H,24,25)(H2,22,23,26,31)/b12-5+. The molecule has 0 bridgehead atoms. The number of carbonyl (C=O) groups excluding carboxylic acids is 1. The summed E-state index contributed by atoms with van der Waals surface area (Å²) >= 11 is 5.13. The number of thiocarbonyl (C=S) groups is 1. The van der Waals surface area contributed by atoms with Crippen molar-refractivity contribution in [1.29, 1.82) is 0 Å². The van der Waals surface area contributed by atoms with Gasteiger partial charge in [-0.25, -0.2) is 8.42 Å². The molecule has 1 heterocycles. The van der Waals surface area contributed by atoms with Gasteiger partial charge in [-0.15, -0.1) is 0 Å². The molecule has 11 heteroatoms. The van der Waals surface area contributed by atoms with Gasteiger partial charge in [-0.1, -0.05) is 17.3 Å². The summed E-state index contributed by atoms with van der Waals surface area (Å²) in [5, 5.41) is 9.02. The van der Waals surface area contributed by atoms with Crippen molar-refractivity contribution < 1.29 is 22.5 Å². The van der Waals surface area contributed by atoms with E-state index in [4.69, 9.17) is 21.5 Å². The summed E-state index contributed by atoms with van der Waals surface area (Å²) in [6.07, 6.45) is 2.99. The molecular weight excluding hydrogens is 452 g/mol. The number of hydrogen-bond acceptors (Lipinski definition) is 7. The molecule has 0 atom stereocenters. The second kappa shape index (κ2) is 10.1. The number of methoxy groups -OCH3 is 1. The minimum atomic E-state index is -3.82. The van der Waals surface area contributed by atoms with E-state index in [0.29, 0.717) is 11.4 Å². The lowest BCUT2D eigenvalue weighted by Crippen LogP contribution is -2.32. The molecule has 1 amide bonds. The number of nitrogens with one attached hydrogen (secondary N) is 3. The van der Waals surface area contributed by atoms with Crippen molar-refractivity contribution in [2.45, 2.75) is 11.8 Å². The van der Waals surface area contributed by atoms with Crippen LogP contribution in [-0.4, -0.2) is 31.7 Å². The summed E-state index contributed by atoms with van der Waals surface area (Å²) in [6, 6.07) is 14.5. The Morgan fingerprint density at radius 1 is 1.12 bits per heavy atom. The number of carbonyl (C=O) groups is 1. The largest absolute Gasteiger partial charge is 0.497 e. The maximum atomic E-state index is 12.4. The molecule has 2 aromatic carbocycles. The van der Waals surface area contributed by atoms with Crippen molar-refractivity contribution >= 4 is 50.8 Å². The monoisotopic (exact) mass is 472 g/mol. The summed E-state index contributed by atoms with van der Waals surface area (Å²) in [4.78, 5) is 12.1. The molecule has 0 radical (unpaired) electrons. The molecular formula is C21H20N4O5S2. The number of aryl methyl sites for hydroxylation is 1. The number of anilines is 2. The summed E-state index contributed by atoms with van der Waals surface area (Å²) in [5.74, 6) is 0.886. The Labute approximate surface area is 190 Å². The van der Waals surface area contributed by atoms with Crippen molar-refractivity contribution in [3.8, 4) is 5.75 Å². The zero-order valence-corrected chi connectivity index (χ0v) is 18.8. The van der Waals surface area contributed by atoms with Gasteiger partial charge >= 0.3 is 0 Å². The first-order valence-corrected chi connectivity index (χ1v) is 11.1. The average molecular weight is 473 g/mol. The third-order valence-corrected chi connectivity index (χ3v) is 5.64. The Balaban J connectivity index is 1.54. The molecule has 0 unspecified atom stereocenters. The van der Waals surface area contributed by atoms with Crippen molar-refractivity contribution in [2.24, 2.45) is 0 Å². The molecule has 0 fully saturated rings. The third-order valence-electron chi connectivity index (χ3n) is 4.07. The minimum absolute atomic E-state index is 0.0288. The van der Waals surface area contributed by atoms with Gasteiger partial charge in [0.1, 0.15) is 11.5 Å². The van der Waals surface area contributed by atoms with Crippen LogP contribution in [0, 0.1) is 6.92 Å². The SMILES string of the molecule is COc1ccc(/C=C/C(=O)NC(=S)Nc2ccc(S(=O)(=O)Nc3cc(C)on3)cc2)cc1. The lowest BCUT2D eigenvalue weighted by molar-refractivity contribution is -0.115. The lowest BCUT2D eigenvalue weighted by atomic mass is 10.2. The highest BCUT2D eigenvalue weighted by Crippen LogP contribution is 2.18. The molecule has 166 valence electrons. The van der Waals surface area contributed by atoms with E-state index in [9.17, 15) is 13.2 Å². The number of aromatic nitrogens is 1. The Morgan fingerprint density at radius 2 is 1.81 bits per heavy atom. The molecule has 0 saturated carbocycles. The van der Waals surface area contributed by atoms with E-state index in [0.717, 1.165) is 11.3 Å². The summed E-state index contributed by atoms with van der Waals surface area (Å²) in [5.41, 5.74) is 1.33. The smallest absolute Gasteiger partial charge is 0.263 e. The van der Waals surface area contributed by atoms with Gasteiger partial charge in [0.15, 0.2) is 10.9 Å². The van der Waals surface area contributed by atoms with Gasteiger partial charge in [0.25, 0.3) is 10.0 Å². The quantitative estimate of drug-likeness (QED) is 0.354. The number of amides is 1. The van der Waals surface area contributed by atoms with E-state index in [2.05, 4.69) is 20.5 Å². The first kappa shape index (κ1) is 23.0. The molecule has 3 aromatic rings. The second-order valence-corrected chi connectivity index (χ2v) is 8.59. The predicted molar refractivity (Wildman–Crippen MR) is 125 cm³/mol. The van der Waals surface area contributed by atoms with Crippen molar-refractivity contribution in [3.63, 3.8) is 0 Å². The summed E-state index contributed by atoms with van der Waals surface area (Å²) < 4.78 is 37.1. The Morgan fingerprint density at radius 3 is 2.41 bits per heavy atom. The fourth-order valence-corrected chi connectivity index (χ4v) is 3.73. The molecule has 0 aliphatic rings. The van der Waals surface area contributed by atoms with Gasteiger partial charge in [-0.2, -0.15) is 0 Å². The van der Waals surface area contributed by atoms with Gasteiger partial charge in [0.2, 0.25) is 5.91 Å². The number of benzene rings is 2. The highest BCUT2D eigenvalue weighted by molar-refractivity contribution is 7.92. The van der Waals surface area contributed by atoms with E-state index < -0.39 is 15.9 Å². The molecule has 0 aliphatic carbocycles. The number of sulfonamides is 1. The highest BCUT2D eigenvalue weighted by Gasteiger charge is 2.16. The number of ether oxygens (including phenoxy) is 1. The van der Waals surface area contributed by atoms with Gasteiger partial charge in [0.05, 0.1) is 12.0 Å². The van der Waals surface area contributed by atoms with Crippen LogP contribution < -0.4 is 20.1 Å². The molecule has 1 aromatic heterocycles. The summed E-state index contributed by atoms with van der Waals surface area (Å²) in [7, 11) is -2.24. The van der Waals surface area contributed by atoms with Gasteiger partial charge < -0.3 is 14.6 Å². The molecule has 0 saturated heterocycles. The van der Waals surface area contributed by atoms with Crippen LogP contribution in [-0.2, 0) is 14.8 Å². The van der Waals surface area contributed by atoms with E-state index in [1.807, 2.05) is 12.1 Å². The average Bonchev–Trinajstić information content (AvgIpc) is 3.16. The van der Waals surface area contributed by atoms with Crippen LogP contribution in [0.3, 0.4) is 0 Å². The van der Waals surface area contributed by atoms with Crippen molar-refractivity contribution in [1.82, 2.24) is 10.5 Å². The molecule has 3 N–H and O–H groups in total. The fraction of sp³-hybridized carbons (Fsp3) is 0.0952. The van der Waals surface area contributed by atoms with E-state index in [-0.39, 0.29) is 15.8 Å². The van der Waals surface area contributed by atoms with Crippen LogP contribution >= 0.6 is 12.2 Å². The number of rotatable bonds is 7. The van der Waals surface area contributed by atoms with Gasteiger partial charge in [0, 0.05) is 17.8 Å². The maximum absolute atomic E-state index is 12.4. The van der Waals surface area contributed by atoms with Crippen LogP contribution in [0.4, 0.5) is 11.5 Å². The third kappa shape index (κ3) is 6.40. The molecule has 0 spiro atoms. The molecule has 9 nitrogen and oxygen atoms in total. The second-order valence-electron chi connectivity index (χ2n) is 6.50. The van der Waals surface area contributed by atoms with E-state index >= 15 is 0 Å². The zero-order valence-electron chi connectivity index (χ0n) is 17.2. The topological polar surface area (TPSA) is 123 Å². The normalized spacial score (nSPS) is 11.2. The van der Waals surface area contributed by atoms with E-state index in [1.54, 1.807) is 32.2 Å². The predicted octanol–water partition coefficient (Wildman–Crippen LogP) is 3.32. The van der Waals surface area contributed by atoms with Crippen molar-refractivity contribution in [3.05, 3.63) is 72.0 Å². The Bertz CT molecular complexity index is 1230.